The van der Waals surface area contributed by atoms with Gasteiger partial charge < -0.3 is 10.6 Å². The van der Waals surface area contributed by atoms with Gasteiger partial charge in [-0.1, -0.05) is 0 Å². The Bertz CT molecular complexity index is 275. The van der Waals surface area contributed by atoms with Crippen molar-refractivity contribution in [3.05, 3.63) is 24.5 Å². The van der Waals surface area contributed by atoms with E-state index in [0.29, 0.717) is 5.54 Å². The Hall–Kier alpha value is -0.510. The quantitative estimate of drug-likeness (QED) is 0.859. The highest BCUT2D eigenvalue weighted by molar-refractivity contribution is 5.85. The summed E-state index contributed by atoms with van der Waals surface area (Å²) in [4.78, 5) is 4.05. The lowest BCUT2D eigenvalue weighted by molar-refractivity contribution is 0.578. The van der Waals surface area contributed by atoms with Crippen LogP contribution in [-0.2, 0) is 0 Å². The number of rotatable bonds is 4. The molecule has 0 amide bonds. The number of halogens is 2. The molecule has 0 saturated heterocycles. The normalized spacial score (nSPS) is 15.8. The summed E-state index contributed by atoms with van der Waals surface area (Å²) in [5.74, 6) is 0. The average Bonchev–Trinajstić information content (AvgIpc) is 2.97. The van der Waals surface area contributed by atoms with Crippen molar-refractivity contribution >= 4 is 30.5 Å². The lowest BCUT2D eigenvalue weighted by atomic mass is 10.2. The average molecular weight is 250 g/mol. The number of likely N-dealkylation sites (N-methyl/N-ethyl adjacent to an activating group) is 1. The Labute approximate surface area is 103 Å². The topological polar surface area (TPSA) is 37.0 Å². The van der Waals surface area contributed by atoms with Gasteiger partial charge in [-0.05, 0) is 32.0 Å². The van der Waals surface area contributed by atoms with Crippen LogP contribution in [0.2, 0.25) is 0 Å². The van der Waals surface area contributed by atoms with Gasteiger partial charge in [0.05, 0.1) is 5.69 Å². The van der Waals surface area contributed by atoms with Gasteiger partial charge in [-0.3, -0.25) is 4.98 Å². The van der Waals surface area contributed by atoms with Gasteiger partial charge in [-0.15, -0.1) is 24.8 Å². The van der Waals surface area contributed by atoms with Crippen LogP contribution in [0.15, 0.2) is 24.5 Å². The molecule has 1 aliphatic rings. The molecule has 1 aromatic rings. The van der Waals surface area contributed by atoms with Gasteiger partial charge in [0.1, 0.15) is 0 Å². The van der Waals surface area contributed by atoms with Crippen molar-refractivity contribution in [2.75, 3.05) is 18.9 Å². The fourth-order valence-electron chi connectivity index (χ4n) is 1.40. The van der Waals surface area contributed by atoms with E-state index < -0.39 is 0 Å². The zero-order valence-corrected chi connectivity index (χ0v) is 10.3. The molecular weight excluding hydrogens is 233 g/mol. The molecule has 15 heavy (non-hydrogen) atoms. The van der Waals surface area contributed by atoms with Crippen LogP contribution < -0.4 is 10.6 Å². The number of anilines is 1. The molecule has 0 spiro atoms. The SMILES string of the molecule is CNC1(CNc2cccnc2)CC1.Cl.Cl. The molecule has 1 fully saturated rings. The summed E-state index contributed by atoms with van der Waals surface area (Å²) < 4.78 is 0. The zero-order valence-electron chi connectivity index (χ0n) is 8.69. The molecule has 3 nitrogen and oxygen atoms in total. The Morgan fingerprint density at radius 3 is 2.60 bits per heavy atom. The number of aromatic nitrogens is 1. The molecule has 0 aliphatic heterocycles. The molecule has 0 bridgehead atoms. The first kappa shape index (κ1) is 14.5. The van der Waals surface area contributed by atoms with E-state index in [9.17, 15) is 0 Å². The highest BCUT2D eigenvalue weighted by Gasteiger charge is 2.40. The minimum absolute atomic E-state index is 0. The fraction of sp³-hybridized carbons (Fsp3) is 0.500. The predicted molar refractivity (Wildman–Crippen MR) is 68.2 cm³/mol. The van der Waals surface area contributed by atoms with Crippen molar-refractivity contribution in [2.24, 2.45) is 0 Å². The second kappa shape index (κ2) is 6.16. The Balaban J connectivity index is 0.000000980. The Morgan fingerprint density at radius 1 is 1.40 bits per heavy atom. The van der Waals surface area contributed by atoms with Crippen LogP contribution in [0.25, 0.3) is 0 Å². The van der Waals surface area contributed by atoms with E-state index in [2.05, 4.69) is 15.6 Å². The maximum atomic E-state index is 4.05. The van der Waals surface area contributed by atoms with Crippen LogP contribution in [0.1, 0.15) is 12.8 Å². The third kappa shape index (κ3) is 3.86. The van der Waals surface area contributed by atoms with Crippen LogP contribution in [0.4, 0.5) is 5.69 Å². The van der Waals surface area contributed by atoms with Crippen LogP contribution >= 0.6 is 24.8 Å². The summed E-state index contributed by atoms with van der Waals surface area (Å²) in [6, 6.07) is 3.99. The smallest absolute Gasteiger partial charge is 0.0527 e. The lowest BCUT2D eigenvalue weighted by Crippen LogP contribution is -2.34. The highest BCUT2D eigenvalue weighted by Crippen LogP contribution is 2.34. The molecule has 1 aromatic heterocycles. The van der Waals surface area contributed by atoms with Gasteiger partial charge >= 0.3 is 0 Å². The monoisotopic (exact) mass is 249 g/mol. The van der Waals surface area contributed by atoms with Crippen molar-refractivity contribution in [3.8, 4) is 0 Å². The van der Waals surface area contributed by atoms with Gasteiger partial charge in [0.25, 0.3) is 0 Å². The van der Waals surface area contributed by atoms with Crippen molar-refractivity contribution in [1.82, 2.24) is 10.3 Å². The maximum absolute atomic E-state index is 4.05. The number of hydrogen-bond acceptors (Lipinski definition) is 3. The summed E-state index contributed by atoms with van der Waals surface area (Å²) in [6.45, 7) is 0.995. The lowest BCUT2D eigenvalue weighted by Gasteiger charge is -2.15. The molecule has 1 aliphatic carbocycles. The first-order valence-corrected chi connectivity index (χ1v) is 4.67. The number of hydrogen-bond donors (Lipinski definition) is 2. The molecular formula is C10H17Cl2N3. The highest BCUT2D eigenvalue weighted by atomic mass is 35.5. The summed E-state index contributed by atoms with van der Waals surface area (Å²) in [5, 5.41) is 6.71. The molecule has 2 rings (SSSR count). The van der Waals surface area contributed by atoms with Gasteiger partial charge in [0, 0.05) is 24.5 Å². The van der Waals surface area contributed by atoms with Crippen LogP contribution in [0, 0.1) is 0 Å². The van der Waals surface area contributed by atoms with Gasteiger partial charge in [0.2, 0.25) is 0 Å². The minimum atomic E-state index is 0. The van der Waals surface area contributed by atoms with Crippen molar-refractivity contribution in [1.29, 1.82) is 0 Å². The number of nitrogens with zero attached hydrogens (tertiary/aromatic N) is 1. The zero-order chi connectivity index (χ0) is 9.15. The summed E-state index contributed by atoms with van der Waals surface area (Å²) in [5.41, 5.74) is 1.46. The third-order valence-corrected chi connectivity index (χ3v) is 2.68. The standard InChI is InChI=1S/C10H15N3.2ClH/c1-11-10(4-5-10)8-13-9-3-2-6-12-7-9;;/h2-3,6-7,11,13H,4-5,8H2,1H3;2*1H. The number of pyridine rings is 1. The minimum Gasteiger partial charge on any atom is -0.382 e. The Morgan fingerprint density at radius 2 is 2.13 bits per heavy atom. The molecule has 5 heteroatoms. The third-order valence-electron chi connectivity index (χ3n) is 2.68. The van der Waals surface area contributed by atoms with Crippen molar-refractivity contribution < 1.29 is 0 Å². The molecule has 0 atom stereocenters. The molecule has 1 heterocycles. The van der Waals surface area contributed by atoms with Crippen LogP contribution in [0.3, 0.4) is 0 Å². The summed E-state index contributed by atoms with van der Waals surface area (Å²) >= 11 is 0. The van der Waals surface area contributed by atoms with Crippen LogP contribution in [-0.4, -0.2) is 24.1 Å². The van der Waals surface area contributed by atoms with E-state index in [1.807, 2.05) is 25.4 Å². The molecule has 2 N–H and O–H groups in total. The maximum Gasteiger partial charge on any atom is 0.0527 e. The fourth-order valence-corrected chi connectivity index (χ4v) is 1.40. The second-order valence-electron chi connectivity index (χ2n) is 3.63. The van der Waals surface area contributed by atoms with E-state index in [1.165, 1.54) is 12.8 Å². The van der Waals surface area contributed by atoms with Crippen molar-refractivity contribution in [3.63, 3.8) is 0 Å². The molecule has 0 radical (unpaired) electrons. The van der Waals surface area contributed by atoms with Gasteiger partial charge in [-0.2, -0.15) is 0 Å². The van der Waals surface area contributed by atoms with E-state index >= 15 is 0 Å². The Kier molecular flexibility index (Phi) is 5.95. The van der Waals surface area contributed by atoms with Crippen molar-refractivity contribution in [2.45, 2.75) is 18.4 Å². The predicted octanol–water partition coefficient (Wildman–Crippen LogP) is 2.09. The second-order valence-corrected chi connectivity index (χ2v) is 3.63. The summed E-state index contributed by atoms with van der Waals surface area (Å²) in [7, 11) is 2.03. The van der Waals surface area contributed by atoms with E-state index in [-0.39, 0.29) is 24.8 Å². The summed E-state index contributed by atoms with van der Waals surface area (Å²) in [6.07, 6.45) is 6.19. The van der Waals surface area contributed by atoms with E-state index in [0.717, 1.165) is 12.2 Å². The van der Waals surface area contributed by atoms with E-state index in [1.54, 1.807) is 6.20 Å². The molecule has 86 valence electrons. The first-order chi connectivity index (χ1) is 6.35. The van der Waals surface area contributed by atoms with Gasteiger partial charge in [0.15, 0.2) is 0 Å². The van der Waals surface area contributed by atoms with Gasteiger partial charge in [-0.25, -0.2) is 0 Å². The van der Waals surface area contributed by atoms with E-state index in [4.69, 9.17) is 0 Å². The molecule has 0 aromatic carbocycles. The largest absolute Gasteiger partial charge is 0.382 e. The molecule has 0 unspecified atom stereocenters. The first-order valence-electron chi connectivity index (χ1n) is 4.67. The van der Waals surface area contributed by atoms with Crippen LogP contribution in [0.5, 0.6) is 0 Å². The number of nitrogens with one attached hydrogen (secondary N) is 2. The molecule has 1 saturated carbocycles.